The van der Waals surface area contributed by atoms with Crippen LogP contribution in [-0.4, -0.2) is 17.4 Å². The lowest BCUT2D eigenvalue weighted by molar-refractivity contribution is -0.142. The first kappa shape index (κ1) is 14.7. The standard InChI is InChI=1S/C12H21BrO2/c1-3-4-5-6-8-11(2)15-12(14)9-7-10-13/h7,9,11H,3-6,8,10H2,1-2H3/b9-7+/t11-/m0/s1. The Morgan fingerprint density at radius 2 is 2.13 bits per heavy atom. The molecule has 0 rings (SSSR count). The van der Waals surface area contributed by atoms with Gasteiger partial charge in [-0.25, -0.2) is 4.79 Å². The van der Waals surface area contributed by atoms with E-state index in [0.717, 1.165) is 12.8 Å². The van der Waals surface area contributed by atoms with Crippen LogP contribution in [0, 0.1) is 0 Å². The lowest BCUT2D eigenvalue weighted by Gasteiger charge is -2.11. The van der Waals surface area contributed by atoms with Crippen LogP contribution in [-0.2, 0) is 9.53 Å². The summed E-state index contributed by atoms with van der Waals surface area (Å²) in [6, 6.07) is 0. The minimum atomic E-state index is -0.238. The van der Waals surface area contributed by atoms with Crippen LogP contribution in [0.4, 0.5) is 0 Å². The summed E-state index contributed by atoms with van der Waals surface area (Å²) >= 11 is 3.21. The van der Waals surface area contributed by atoms with Gasteiger partial charge in [-0.05, 0) is 19.8 Å². The maximum Gasteiger partial charge on any atom is 0.330 e. The van der Waals surface area contributed by atoms with Crippen LogP contribution in [0.1, 0.15) is 46.0 Å². The Bertz CT molecular complexity index is 190. The lowest BCUT2D eigenvalue weighted by atomic mass is 10.1. The monoisotopic (exact) mass is 276 g/mol. The van der Waals surface area contributed by atoms with E-state index in [4.69, 9.17) is 4.74 Å². The van der Waals surface area contributed by atoms with E-state index in [0.29, 0.717) is 5.33 Å². The minimum absolute atomic E-state index is 0.0364. The molecule has 0 aliphatic carbocycles. The molecule has 0 N–H and O–H groups in total. The summed E-state index contributed by atoms with van der Waals surface area (Å²) in [5.41, 5.74) is 0. The van der Waals surface area contributed by atoms with E-state index in [1.807, 2.05) is 6.92 Å². The van der Waals surface area contributed by atoms with E-state index in [-0.39, 0.29) is 12.1 Å². The minimum Gasteiger partial charge on any atom is -0.460 e. The van der Waals surface area contributed by atoms with E-state index in [9.17, 15) is 4.79 Å². The Morgan fingerprint density at radius 1 is 1.40 bits per heavy atom. The first-order valence-corrected chi connectivity index (χ1v) is 6.76. The van der Waals surface area contributed by atoms with Crippen LogP contribution in [0.5, 0.6) is 0 Å². The van der Waals surface area contributed by atoms with Gasteiger partial charge in [-0.1, -0.05) is 48.2 Å². The van der Waals surface area contributed by atoms with Gasteiger partial charge in [0.15, 0.2) is 0 Å². The van der Waals surface area contributed by atoms with Crippen molar-refractivity contribution < 1.29 is 9.53 Å². The molecule has 0 heterocycles. The summed E-state index contributed by atoms with van der Waals surface area (Å²) in [7, 11) is 0. The van der Waals surface area contributed by atoms with E-state index in [2.05, 4.69) is 22.9 Å². The van der Waals surface area contributed by atoms with Crippen molar-refractivity contribution in [2.24, 2.45) is 0 Å². The van der Waals surface area contributed by atoms with E-state index >= 15 is 0 Å². The molecule has 2 nitrogen and oxygen atoms in total. The zero-order valence-electron chi connectivity index (χ0n) is 9.67. The van der Waals surface area contributed by atoms with Gasteiger partial charge in [0.1, 0.15) is 0 Å². The Balaban J connectivity index is 3.51. The number of halogens is 1. The number of ether oxygens (including phenoxy) is 1. The molecule has 0 fully saturated rings. The fourth-order valence-corrected chi connectivity index (χ4v) is 1.48. The summed E-state index contributed by atoms with van der Waals surface area (Å²) in [5, 5.41) is 0.687. The molecule has 3 heteroatoms. The van der Waals surface area contributed by atoms with Gasteiger partial charge in [-0.15, -0.1) is 0 Å². The third kappa shape index (κ3) is 9.98. The lowest BCUT2D eigenvalue weighted by Crippen LogP contribution is -2.12. The molecule has 0 bridgehead atoms. The van der Waals surface area contributed by atoms with Gasteiger partial charge < -0.3 is 4.74 Å². The van der Waals surface area contributed by atoms with Gasteiger partial charge in [0.25, 0.3) is 0 Å². The molecular weight excluding hydrogens is 256 g/mol. The van der Waals surface area contributed by atoms with E-state index < -0.39 is 0 Å². The Hall–Kier alpha value is -0.310. The SMILES string of the molecule is CCCCCC[C@H](C)OC(=O)/C=C/CBr. The molecule has 0 unspecified atom stereocenters. The topological polar surface area (TPSA) is 26.3 Å². The second kappa shape index (κ2) is 10.2. The Kier molecular flexibility index (Phi) is 10.0. The first-order chi connectivity index (χ1) is 7.20. The van der Waals surface area contributed by atoms with Crippen LogP contribution in [0.3, 0.4) is 0 Å². The highest BCUT2D eigenvalue weighted by molar-refractivity contribution is 9.09. The number of unbranched alkanes of at least 4 members (excludes halogenated alkanes) is 3. The molecule has 15 heavy (non-hydrogen) atoms. The molecule has 0 spiro atoms. The first-order valence-electron chi connectivity index (χ1n) is 5.63. The van der Waals surface area contributed by atoms with Crippen molar-refractivity contribution in [3.63, 3.8) is 0 Å². The summed E-state index contributed by atoms with van der Waals surface area (Å²) < 4.78 is 5.19. The van der Waals surface area contributed by atoms with Gasteiger partial charge in [-0.3, -0.25) is 0 Å². The molecule has 88 valence electrons. The number of esters is 1. The van der Waals surface area contributed by atoms with Gasteiger partial charge in [0, 0.05) is 11.4 Å². The Morgan fingerprint density at radius 3 is 2.73 bits per heavy atom. The number of alkyl halides is 1. The molecular formula is C12H21BrO2. The summed E-state index contributed by atoms with van der Waals surface area (Å²) in [6.07, 6.45) is 9.10. The second-order valence-electron chi connectivity index (χ2n) is 3.65. The maximum atomic E-state index is 11.2. The molecule has 0 saturated carbocycles. The van der Waals surface area contributed by atoms with Crippen molar-refractivity contribution >= 4 is 21.9 Å². The van der Waals surface area contributed by atoms with Gasteiger partial charge in [-0.2, -0.15) is 0 Å². The summed E-state index contributed by atoms with van der Waals surface area (Å²) in [4.78, 5) is 11.2. The molecule has 0 aromatic carbocycles. The summed E-state index contributed by atoms with van der Waals surface area (Å²) in [6.45, 7) is 4.14. The largest absolute Gasteiger partial charge is 0.460 e. The van der Waals surface area contributed by atoms with E-state index in [1.165, 1.54) is 25.3 Å². The van der Waals surface area contributed by atoms with Crippen molar-refractivity contribution in [2.75, 3.05) is 5.33 Å². The van der Waals surface area contributed by atoms with E-state index in [1.54, 1.807) is 6.08 Å². The van der Waals surface area contributed by atoms with Crippen LogP contribution >= 0.6 is 15.9 Å². The highest BCUT2D eigenvalue weighted by atomic mass is 79.9. The summed E-state index contributed by atoms with van der Waals surface area (Å²) in [5.74, 6) is -0.238. The van der Waals surface area contributed by atoms with Crippen LogP contribution < -0.4 is 0 Å². The normalized spacial score (nSPS) is 13.0. The highest BCUT2D eigenvalue weighted by Crippen LogP contribution is 2.08. The third-order valence-electron chi connectivity index (χ3n) is 2.12. The number of hydrogen-bond acceptors (Lipinski definition) is 2. The van der Waals surface area contributed by atoms with Crippen LogP contribution in [0.2, 0.25) is 0 Å². The zero-order chi connectivity index (χ0) is 11.5. The van der Waals surface area contributed by atoms with Gasteiger partial charge >= 0.3 is 5.97 Å². The molecule has 0 radical (unpaired) electrons. The van der Waals surface area contributed by atoms with Crippen molar-refractivity contribution in [2.45, 2.75) is 52.1 Å². The van der Waals surface area contributed by atoms with Crippen molar-refractivity contribution in [3.8, 4) is 0 Å². The quantitative estimate of drug-likeness (QED) is 0.291. The average molecular weight is 277 g/mol. The Labute approximate surface area is 101 Å². The van der Waals surface area contributed by atoms with Crippen molar-refractivity contribution in [1.82, 2.24) is 0 Å². The zero-order valence-corrected chi connectivity index (χ0v) is 11.3. The van der Waals surface area contributed by atoms with Gasteiger partial charge in [0.05, 0.1) is 6.10 Å². The molecule has 1 atom stereocenters. The van der Waals surface area contributed by atoms with Crippen molar-refractivity contribution in [3.05, 3.63) is 12.2 Å². The molecule has 0 saturated heterocycles. The number of allylic oxidation sites excluding steroid dienone is 1. The molecule has 0 amide bonds. The maximum absolute atomic E-state index is 11.2. The number of carbonyl (C=O) groups is 1. The fourth-order valence-electron chi connectivity index (χ4n) is 1.30. The highest BCUT2D eigenvalue weighted by Gasteiger charge is 2.05. The molecule has 0 aliphatic heterocycles. The number of carbonyl (C=O) groups excluding carboxylic acids is 1. The van der Waals surface area contributed by atoms with Crippen LogP contribution in [0.25, 0.3) is 0 Å². The molecule has 0 aromatic rings. The molecule has 0 aromatic heterocycles. The third-order valence-corrected chi connectivity index (χ3v) is 2.50. The predicted octanol–water partition coefficient (Wildman–Crippen LogP) is 3.84. The smallest absolute Gasteiger partial charge is 0.330 e. The number of rotatable bonds is 8. The van der Waals surface area contributed by atoms with Gasteiger partial charge in [0.2, 0.25) is 0 Å². The average Bonchev–Trinajstić information content (AvgIpc) is 2.21. The second-order valence-corrected chi connectivity index (χ2v) is 4.30. The van der Waals surface area contributed by atoms with Crippen molar-refractivity contribution in [1.29, 1.82) is 0 Å². The van der Waals surface area contributed by atoms with Crippen LogP contribution in [0.15, 0.2) is 12.2 Å². The predicted molar refractivity (Wildman–Crippen MR) is 67.2 cm³/mol. The fraction of sp³-hybridized carbons (Fsp3) is 0.750. The molecule has 0 aliphatic rings. The number of hydrogen-bond donors (Lipinski definition) is 0.